The Morgan fingerprint density at radius 1 is 0.585 bits per heavy atom. The molecule has 0 radical (unpaired) electrons. The number of anilines is 2. The van der Waals surface area contributed by atoms with E-state index in [1.807, 2.05) is 12.1 Å². The third kappa shape index (κ3) is 5.20. The van der Waals surface area contributed by atoms with Crippen LogP contribution in [0.15, 0.2) is 97.1 Å². The van der Waals surface area contributed by atoms with Crippen LogP contribution in [0.25, 0.3) is 49.7 Å². The summed E-state index contributed by atoms with van der Waals surface area (Å²) in [5, 5.41) is 6.68. The molecule has 0 saturated carbocycles. The maximum Gasteiger partial charge on any atom is 0.252 e. The minimum Gasteiger partial charge on any atom is -0.356 e. The Kier molecular flexibility index (Phi) is 7.79. The van der Waals surface area contributed by atoms with E-state index in [0.29, 0.717) is 23.7 Å². The molecular formula is C49H48BFN2. The number of aromatic nitrogens is 1. The van der Waals surface area contributed by atoms with Crippen molar-refractivity contribution in [3.8, 4) is 27.9 Å². The van der Waals surface area contributed by atoms with Crippen LogP contribution in [0.2, 0.25) is 0 Å². The van der Waals surface area contributed by atoms with E-state index in [-0.39, 0.29) is 12.5 Å². The van der Waals surface area contributed by atoms with Crippen LogP contribution < -0.4 is 21.7 Å². The normalized spacial score (nSPS) is 13.1. The fourth-order valence-corrected chi connectivity index (χ4v) is 8.95. The lowest BCUT2D eigenvalue weighted by Crippen LogP contribution is -2.59. The Bertz CT molecular complexity index is 2640. The fraction of sp³-hybridized carbons (Fsp3) is 0.265. The smallest absolute Gasteiger partial charge is 0.252 e. The van der Waals surface area contributed by atoms with Crippen LogP contribution in [0.3, 0.4) is 0 Å². The van der Waals surface area contributed by atoms with E-state index in [2.05, 4.69) is 145 Å². The van der Waals surface area contributed by atoms with Crippen molar-refractivity contribution in [1.82, 2.24) is 4.57 Å². The lowest BCUT2D eigenvalue weighted by Gasteiger charge is -2.37. The zero-order chi connectivity index (χ0) is 37.0. The molecule has 2 aliphatic heterocycles. The maximum atomic E-state index is 14.8. The molecule has 3 heterocycles. The second-order valence-corrected chi connectivity index (χ2v) is 16.9. The molecule has 0 bridgehead atoms. The van der Waals surface area contributed by atoms with Gasteiger partial charge < -0.3 is 9.88 Å². The van der Waals surface area contributed by atoms with Gasteiger partial charge in [-0.15, -0.1) is 0 Å². The van der Waals surface area contributed by atoms with Crippen molar-refractivity contribution >= 4 is 56.3 Å². The lowest BCUT2D eigenvalue weighted by atomic mass is 9.33. The summed E-state index contributed by atoms with van der Waals surface area (Å²) >= 11 is 0. The molecule has 0 aliphatic carbocycles. The van der Waals surface area contributed by atoms with Gasteiger partial charge in [0.25, 0.3) is 6.71 Å². The molecule has 1 N–H and O–H groups in total. The number of hydrogen-bond donors (Lipinski definition) is 1. The first kappa shape index (κ1) is 33.7. The quantitative estimate of drug-likeness (QED) is 0.172. The van der Waals surface area contributed by atoms with Crippen LogP contribution in [0.5, 0.6) is 0 Å². The van der Waals surface area contributed by atoms with Gasteiger partial charge in [0.05, 0.1) is 5.52 Å². The van der Waals surface area contributed by atoms with Gasteiger partial charge in [-0.1, -0.05) is 104 Å². The number of aryl methyl sites for hydroxylation is 1. The summed E-state index contributed by atoms with van der Waals surface area (Å²) in [5.41, 5.74) is 21.0. The molecule has 6 aromatic carbocycles. The minimum absolute atomic E-state index is 0.0198. The topological polar surface area (TPSA) is 17.0 Å². The van der Waals surface area contributed by atoms with E-state index in [4.69, 9.17) is 0 Å². The van der Waals surface area contributed by atoms with Gasteiger partial charge in [0, 0.05) is 38.9 Å². The van der Waals surface area contributed by atoms with Crippen molar-refractivity contribution in [2.75, 3.05) is 5.32 Å². The number of nitrogens with zero attached hydrogens (tertiary/aromatic N) is 1. The third-order valence-electron chi connectivity index (χ3n) is 12.1. The monoisotopic (exact) mass is 694 g/mol. The highest BCUT2D eigenvalue weighted by Crippen LogP contribution is 2.43. The molecule has 0 atom stereocenters. The third-order valence-corrected chi connectivity index (χ3v) is 12.1. The molecule has 4 heteroatoms. The predicted molar refractivity (Wildman–Crippen MR) is 227 cm³/mol. The Hall–Kier alpha value is -5.09. The first-order valence-corrected chi connectivity index (χ1v) is 19.5. The second-order valence-electron chi connectivity index (χ2n) is 16.9. The molecule has 1 aromatic heterocycles. The Balaban J connectivity index is 1.45. The molecule has 7 aromatic rings. The van der Waals surface area contributed by atoms with Crippen molar-refractivity contribution in [3.05, 3.63) is 131 Å². The SMILES string of the molecule is Cc1ccc(C(C)C)cc1-c1cc(C(C)C)cc2c1Nc1cc(-c3cccc(F)c3)cc3c1B2c1cc(C(C)C)cc2c4cc(C(C)C)ccc4n-3c12. The average molecular weight is 695 g/mol. The van der Waals surface area contributed by atoms with Crippen molar-refractivity contribution in [1.29, 1.82) is 0 Å². The fourth-order valence-electron chi connectivity index (χ4n) is 8.95. The average Bonchev–Trinajstić information content (AvgIpc) is 3.46. The molecule has 0 saturated heterocycles. The summed E-state index contributed by atoms with van der Waals surface area (Å²) in [6, 6.07) is 35.5. The number of fused-ring (bicyclic) bond motifs is 7. The van der Waals surface area contributed by atoms with Crippen molar-refractivity contribution in [2.24, 2.45) is 0 Å². The number of benzene rings is 6. The molecule has 2 aliphatic rings. The van der Waals surface area contributed by atoms with Crippen LogP contribution in [0, 0.1) is 12.7 Å². The highest BCUT2D eigenvalue weighted by atomic mass is 19.1. The minimum atomic E-state index is -0.226. The van der Waals surface area contributed by atoms with Gasteiger partial charge in [-0.05, 0) is 140 Å². The van der Waals surface area contributed by atoms with Gasteiger partial charge in [0.1, 0.15) is 5.82 Å². The Morgan fingerprint density at radius 3 is 1.94 bits per heavy atom. The van der Waals surface area contributed by atoms with E-state index in [0.717, 1.165) is 16.8 Å². The largest absolute Gasteiger partial charge is 0.356 e. The number of hydrogen-bond acceptors (Lipinski definition) is 1. The highest BCUT2D eigenvalue weighted by molar-refractivity contribution is 7.00. The molecule has 9 rings (SSSR count). The summed E-state index contributed by atoms with van der Waals surface area (Å²) in [6.45, 7) is 20.6. The van der Waals surface area contributed by atoms with Crippen molar-refractivity contribution < 1.29 is 4.39 Å². The number of halogens is 1. The number of nitrogens with one attached hydrogen (secondary N) is 1. The first-order valence-electron chi connectivity index (χ1n) is 19.5. The first-order chi connectivity index (χ1) is 25.4. The Morgan fingerprint density at radius 2 is 1.23 bits per heavy atom. The van der Waals surface area contributed by atoms with Crippen molar-refractivity contribution in [2.45, 2.75) is 86.0 Å². The summed E-state index contributed by atoms with van der Waals surface area (Å²) in [5.74, 6) is 1.35. The van der Waals surface area contributed by atoms with Gasteiger partial charge in [0.15, 0.2) is 0 Å². The van der Waals surface area contributed by atoms with E-state index in [9.17, 15) is 4.39 Å². The maximum absolute atomic E-state index is 14.8. The Labute approximate surface area is 314 Å². The van der Waals surface area contributed by atoms with Gasteiger partial charge >= 0.3 is 0 Å². The van der Waals surface area contributed by atoms with Crippen LogP contribution in [0.1, 0.15) is 107 Å². The van der Waals surface area contributed by atoms with Crippen molar-refractivity contribution in [3.63, 3.8) is 0 Å². The zero-order valence-electron chi connectivity index (χ0n) is 32.4. The zero-order valence-corrected chi connectivity index (χ0v) is 32.4. The highest BCUT2D eigenvalue weighted by Gasteiger charge is 2.41. The molecular weight excluding hydrogens is 646 g/mol. The standard InChI is InChI=1S/C49H48BFN2/c1-26(2)31-14-13-30(9)38(18-31)40-20-34(28(5)6)22-42-48(40)52-44-24-36(33-11-10-12-37(51)17-33)25-46-47(44)50(42)43-23-35(29(7)8)21-41-39-19-32(27(3)4)15-16-45(39)53(46)49(41)43/h10-29,52H,1-9H3. The summed E-state index contributed by atoms with van der Waals surface area (Å²) in [7, 11) is 0. The molecule has 0 amide bonds. The molecule has 0 fully saturated rings. The predicted octanol–water partition coefficient (Wildman–Crippen LogP) is 11.9. The molecule has 53 heavy (non-hydrogen) atoms. The second kappa shape index (κ2) is 12.2. The van der Waals surface area contributed by atoms with E-state index >= 15 is 0 Å². The van der Waals surface area contributed by atoms with Gasteiger partial charge in [-0.2, -0.15) is 0 Å². The van der Waals surface area contributed by atoms with Crippen LogP contribution in [-0.4, -0.2) is 11.3 Å². The lowest BCUT2D eigenvalue weighted by molar-refractivity contribution is 0.628. The van der Waals surface area contributed by atoms with E-state index in [1.165, 1.54) is 94.6 Å². The van der Waals surface area contributed by atoms with E-state index in [1.54, 1.807) is 6.07 Å². The summed E-state index contributed by atoms with van der Waals surface area (Å²) < 4.78 is 17.4. The molecule has 2 nitrogen and oxygen atoms in total. The van der Waals surface area contributed by atoms with E-state index < -0.39 is 0 Å². The van der Waals surface area contributed by atoms with Gasteiger partial charge in [0.2, 0.25) is 0 Å². The molecule has 264 valence electrons. The molecule has 0 spiro atoms. The van der Waals surface area contributed by atoms with Crippen LogP contribution in [-0.2, 0) is 0 Å². The molecule has 0 unspecified atom stereocenters. The van der Waals surface area contributed by atoms with Gasteiger partial charge in [-0.25, -0.2) is 4.39 Å². The van der Waals surface area contributed by atoms with Crippen LogP contribution in [0.4, 0.5) is 15.8 Å². The summed E-state index contributed by atoms with van der Waals surface area (Å²) in [6.07, 6.45) is 0. The number of rotatable bonds is 6. The van der Waals surface area contributed by atoms with Crippen LogP contribution >= 0.6 is 0 Å². The summed E-state index contributed by atoms with van der Waals surface area (Å²) in [4.78, 5) is 0. The van der Waals surface area contributed by atoms with Gasteiger partial charge in [-0.3, -0.25) is 0 Å².